The maximum Gasteiger partial charge on any atom is 0.162 e. The first kappa shape index (κ1) is 16.2. The van der Waals surface area contributed by atoms with E-state index in [4.69, 9.17) is 0 Å². The van der Waals surface area contributed by atoms with Crippen molar-refractivity contribution in [1.29, 1.82) is 0 Å². The van der Waals surface area contributed by atoms with Crippen LogP contribution in [0.25, 0.3) is 0 Å². The second kappa shape index (κ2) is 8.96. The Kier molecular flexibility index (Phi) is 6.91. The van der Waals surface area contributed by atoms with Gasteiger partial charge in [-0.25, -0.2) is 4.39 Å². The highest BCUT2D eigenvalue weighted by Crippen LogP contribution is 2.28. The van der Waals surface area contributed by atoms with Crippen molar-refractivity contribution in [3.05, 3.63) is 35.9 Å². The molecule has 1 nitrogen and oxygen atoms in total. The minimum Gasteiger partial charge on any atom is -0.294 e. The van der Waals surface area contributed by atoms with Crippen LogP contribution in [-0.4, -0.2) is 12.0 Å². The number of halogens is 1. The zero-order chi connectivity index (χ0) is 14.9. The molecule has 1 fully saturated rings. The molecule has 0 saturated heterocycles. The van der Waals surface area contributed by atoms with Crippen molar-refractivity contribution >= 4 is 5.78 Å². The molecule has 2 rings (SSSR count). The van der Waals surface area contributed by atoms with E-state index < -0.39 is 6.17 Å². The van der Waals surface area contributed by atoms with Gasteiger partial charge in [0.1, 0.15) is 6.17 Å². The van der Waals surface area contributed by atoms with Gasteiger partial charge in [0, 0.05) is 12.0 Å². The maximum absolute atomic E-state index is 13.9. The number of rotatable bonds is 8. The lowest BCUT2D eigenvalue weighted by Gasteiger charge is -2.22. The van der Waals surface area contributed by atoms with Gasteiger partial charge in [0.2, 0.25) is 0 Å². The summed E-state index contributed by atoms with van der Waals surface area (Å²) in [5.74, 6) is 0.887. The first-order chi connectivity index (χ1) is 10.3. The molecule has 0 bridgehead atoms. The normalized spacial score (nSPS) is 17.6. The van der Waals surface area contributed by atoms with Crippen LogP contribution in [-0.2, 0) is 0 Å². The lowest BCUT2D eigenvalue weighted by atomic mass is 9.85. The molecule has 0 spiro atoms. The van der Waals surface area contributed by atoms with E-state index in [0.717, 1.165) is 17.9 Å². The van der Waals surface area contributed by atoms with Crippen molar-refractivity contribution in [3.63, 3.8) is 0 Å². The molecule has 116 valence electrons. The summed E-state index contributed by atoms with van der Waals surface area (Å²) in [5, 5.41) is 0. The Morgan fingerprint density at radius 3 is 2.52 bits per heavy atom. The standard InChI is InChI=1S/C19H27FO/c20-18(15-14-16-8-3-1-4-9-16)12-7-13-19(21)17-10-5-2-6-11-17/h2,5-6,10-11,16,18H,1,3-4,7-9,12-15H2/t18-/m1/s1. The largest absolute Gasteiger partial charge is 0.294 e. The highest BCUT2D eigenvalue weighted by atomic mass is 19.1. The lowest BCUT2D eigenvalue weighted by Crippen LogP contribution is -2.10. The summed E-state index contributed by atoms with van der Waals surface area (Å²) in [6.45, 7) is 0. The summed E-state index contributed by atoms with van der Waals surface area (Å²) in [6.07, 6.45) is 9.25. The van der Waals surface area contributed by atoms with Gasteiger partial charge in [-0.1, -0.05) is 62.4 Å². The smallest absolute Gasteiger partial charge is 0.162 e. The van der Waals surface area contributed by atoms with E-state index in [1.165, 1.54) is 32.1 Å². The molecule has 0 aromatic heterocycles. The van der Waals surface area contributed by atoms with E-state index in [-0.39, 0.29) is 5.78 Å². The minimum atomic E-state index is -0.726. The first-order valence-electron chi connectivity index (χ1n) is 8.48. The summed E-state index contributed by atoms with van der Waals surface area (Å²) in [4.78, 5) is 11.9. The van der Waals surface area contributed by atoms with E-state index in [1.54, 1.807) is 0 Å². The van der Waals surface area contributed by atoms with Crippen molar-refractivity contribution < 1.29 is 9.18 Å². The number of ketones is 1. The average Bonchev–Trinajstić information content (AvgIpc) is 2.54. The van der Waals surface area contributed by atoms with Gasteiger partial charge in [0.05, 0.1) is 0 Å². The molecule has 0 heterocycles. The van der Waals surface area contributed by atoms with Crippen LogP contribution in [0.5, 0.6) is 0 Å². The molecule has 1 atom stereocenters. The molecule has 1 aromatic carbocycles. The Bertz CT molecular complexity index is 409. The molecule has 1 aromatic rings. The molecule has 0 radical (unpaired) electrons. The third-order valence-electron chi connectivity index (χ3n) is 4.63. The van der Waals surface area contributed by atoms with Crippen molar-refractivity contribution in [1.82, 2.24) is 0 Å². The van der Waals surface area contributed by atoms with Gasteiger partial charge in [-0.3, -0.25) is 4.79 Å². The highest BCUT2D eigenvalue weighted by molar-refractivity contribution is 5.95. The van der Waals surface area contributed by atoms with Crippen LogP contribution in [0.2, 0.25) is 0 Å². The second-order valence-electron chi connectivity index (χ2n) is 6.36. The van der Waals surface area contributed by atoms with Crippen LogP contribution in [0.1, 0.15) is 74.6 Å². The van der Waals surface area contributed by atoms with Crippen LogP contribution < -0.4 is 0 Å². The average molecular weight is 290 g/mol. The SMILES string of the molecule is O=C(CCC[C@@H](F)CCC1CCCCC1)c1ccccc1. The number of carbonyl (C=O) groups excluding carboxylic acids is 1. The molecule has 0 unspecified atom stereocenters. The molecule has 0 aliphatic heterocycles. The summed E-state index contributed by atoms with van der Waals surface area (Å²) >= 11 is 0. The van der Waals surface area contributed by atoms with Crippen LogP contribution in [0.3, 0.4) is 0 Å². The molecule has 0 N–H and O–H groups in total. The van der Waals surface area contributed by atoms with E-state index in [9.17, 15) is 9.18 Å². The van der Waals surface area contributed by atoms with Crippen molar-refractivity contribution in [2.75, 3.05) is 0 Å². The Hall–Kier alpha value is -1.18. The van der Waals surface area contributed by atoms with Gasteiger partial charge in [0.15, 0.2) is 5.78 Å². The predicted molar refractivity (Wildman–Crippen MR) is 85.3 cm³/mol. The third kappa shape index (κ3) is 5.99. The second-order valence-corrected chi connectivity index (χ2v) is 6.36. The maximum atomic E-state index is 13.9. The molecule has 0 amide bonds. The quantitative estimate of drug-likeness (QED) is 0.558. The fraction of sp³-hybridized carbons (Fsp3) is 0.632. The molecule has 1 saturated carbocycles. The Morgan fingerprint density at radius 1 is 1.10 bits per heavy atom. The van der Waals surface area contributed by atoms with Gasteiger partial charge >= 0.3 is 0 Å². The Morgan fingerprint density at radius 2 is 1.81 bits per heavy atom. The molecule has 1 aliphatic carbocycles. The Balaban J connectivity index is 1.58. The number of benzene rings is 1. The number of carbonyl (C=O) groups is 1. The summed E-state index contributed by atoms with van der Waals surface area (Å²) in [6, 6.07) is 9.31. The van der Waals surface area contributed by atoms with Gasteiger partial charge < -0.3 is 0 Å². The number of hydrogen-bond donors (Lipinski definition) is 0. The highest BCUT2D eigenvalue weighted by Gasteiger charge is 2.16. The zero-order valence-electron chi connectivity index (χ0n) is 12.9. The van der Waals surface area contributed by atoms with Gasteiger partial charge in [0.25, 0.3) is 0 Å². The molecular weight excluding hydrogens is 263 g/mol. The molecule has 21 heavy (non-hydrogen) atoms. The van der Waals surface area contributed by atoms with Crippen LogP contribution in [0.4, 0.5) is 4.39 Å². The lowest BCUT2D eigenvalue weighted by molar-refractivity contribution is 0.0976. The predicted octanol–water partition coefficient (Wildman–Crippen LogP) is 5.74. The number of Topliss-reactive ketones (excluding diaryl/α,β-unsaturated/α-hetero) is 1. The molecule has 2 heteroatoms. The fourth-order valence-corrected chi connectivity index (χ4v) is 3.29. The summed E-state index contributed by atoms with van der Waals surface area (Å²) in [5.41, 5.74) is 0.745. The summed E-state index contributed by atoms with van der Waals surface area (Å²) < 4.78 is 13.9. The number of alkyl halides is 1. The van der Waals surface area contributed by atoms with Crippen LogP contribution in [0.15, 0.2) is 30.3 Å². The fourth-order valence-electron chi connectivity index (χ4n) is 3.29. The van der Waals surface area contributed by atoms with E-state index in [0.29, 0.717) is 25.7 Å². The number of hydrogen-bond acceptors (Lipinski definition) is 1. The first-order valence-corrected chi connectivity index (χ1v) is 8.48. The van der Waals surface area contributed by atoms with Crippen molar-refractivity contribution in [2.45, 2.75) is 70.4 Å². The van der Waals surface area contributed by atoms with Crippen LogP contribution in [0, 0.1) is 5.92 Å². The van der Waals surface area contributed by atoms with Crippen molar-refractivity contribution in [2.24, 2.45) is 5.92 Å². The monoisotopic (exact) mass is 290 g/mol. The van der Waals surface area contributed by atoms with Crippen LogP contribution >= 0.6 is 0 Å². The van der Waals surface area contributed by atoms with E-state index in [2.05, 4.69) is 0 Å². The van der Waals surface area contributed by atoms with Gasteiger partial charge in [-0.15, -0.1) is 0 Å². The van der Waals surface area contributed by atoms with Gasteiger partial charge in [-0.05, 0) is 31.6 Å². The topological polar surface area (TPSA) is 17.1 Å². The van der Waals surface area contributed by atoms with Gasteiger partial charge in [-0.2, -0.15) is 0 Å². The molecule has 1 aliphatic rings. The van der Waals surface area contributed by atoms with E-state index >= 15 is 0 Å². The zero-order valence-corrected chi connectivity index (χ0v) is 12.9. The Labute approximate surface area is 127 Å². The summed E-state index contributed by atoms with van der Waals surface area (Å²) in [7, 11) is 0. The van der Waals surface area contributed by atoms with E-state index in [1.807, 2.05) is 30.3 Å². The molecular formula is C19H27FO. The minimum absolute atomic E-state index is 0.134. The van der Waals surface area contributed by atoms with Crippen molar-refractivity contribution in [3.8, 4) is 0 Å². The third-order valence-corrected chi connectivity index (χ3v) is 4.63.